The second-order valence-electron chi connectivity index (χ2n) is 8.55. The molecule has 0 aliphatic carbocycles. The Labute approximate surface area is 208 Å². The molecule has 0 saturated carbocycles. The van der Waals surface area contributed by atoms with Crippen LogP contribution in [0, 0.1) is 0 Å². The van der Waals surface area contributed by atoms with Crippen LogP contribution in [0.1, 0.15) is 19.5 Å². The SMILES string of the molecule is CC1(C)[C@H](C(=O)O)N2C(=O)/C(=C/c3cn(CCSc4nnc(-c5ccccc5)s4)nn3)[C@H]2S1(=O)=O. The molecule has 4 heterocycles. The number of hydrogen-bond donors (Lipinski definition) is 1. The summed E-state index contributed by atoms with van der Waals surface area (Å²) in [6.45, 7) is 3.18. The molecule has 5 rings (SSSR count). The summed E-state index contributed by atoms with van der Waals surface area (Å²) in [5, 5.41) is 25.5. The number of thioether (sulfide) groups is 1. The van der Waals surface area contributed by atoms with Gasteiger partial charge in [0.2, 0.25) is 0 Å². The normalized spacial score (nSPS) is 23.3. The van der Waals surface area contributed by atoms with Crippen molar-refractivity contribution < 1.29 is 23.1 Å². The number of β-lactam (4-membered cyclic amide) rings is 1. The van der Waals surface area contributed by atoms with Gasteiger partial charge in [-0.25, -0.2) is 13.2 Å². The smallest absolute Gasteiger partial charge is 0.328 e. The lowest BCUT2D eigenvalue weighted by atomic mass is 9.95. The lowest BCUT2D eigenvalue weighted by molar-refractivity contribution is -0.152. The van der Waals surface area contributed by atoms with Gasteiger partial charge in [-0.2, -0.15) is 0 Å². The van der Waals surface area contributed by atoms with Crippen molar-refractivity contribution in [2.45, 2.75) is 40.9 Å². The second kappa shape index (κ2) is 8.53. The summed E-state index contributed by atoms with van der Waals surface area (Å²) >= 11 is 3.03. The molecule has 182 valence electrons. The molecule has 2 aliphatic rings. The number of sulfone groups is 1. The zero-order valence-corrected chi connectivity index (χ0v) is 21.0. The molecular formula is C21H20N6O5S3. The van der Waals surface area contributed by atoms with Crippen molar-refractivity contribution in [2.24, 2.45) is 0 Å². The van der Waals surface area contributed by atoms with Gasteiger partial charge in [0.15, 0.2) is 25.6 Å². The number of carboxylic acids is 1. The second-order valence-corrected chi connectivity index (χ2v) is 13.5. The van der Waals surface area contributed by atoms with Crippen molar-refractivity contribution in [3.8, 4) is 10.6 Å². The maximum atomic E-state index is 13.0. The molecule has 2 fully saturated rings. The van der Waals surface area contributed by atoms with Gasteiger partial charge in [0.1, 0.15) is 15.4 Å². The lowest BCUT2D eigenvalue weighted by Gasteiger charge is -2.37. The van der Waals surface area contributed by atoms with E-state index in [0.717, 1.165) is 19.8 Å². The molecule has 0 unspecified atom stereocenters. The predicted molar refractivity (Wildman–Crippen MR) is 129 cm³/mol. The summed E-state index contributed by atoms with van der Waals surface area (Å²) in [5.41, 5.74) is 1.34. The summed E-state index contributed by atoms with van der Waals surface area (Å²) < 4.78 is 26.7. The first kappa shape index (κ1) is 23.6. The number of carbonyl (C=O) groups excluding carboxylic acids is 1. The molecule has 11 nitrogen and oxygen atoms in total. The molecule has 1 amide bonds. The number of amides is 1. The monoisotopic (exact) mass is 532 g/mol. The predicted octanol–water partition coefficient (Wildman–Crippen LogP) is 1.80. The minimum atomic E-state index is -3.93. The van der Waals surface area contributed by atoms with Crippen LogP contribution in [-0.4, -0.2) is 77.4 Å². The van der Waals surface area contributed by atoms with E-state index in [1.54, 1.807) is 10.9 Å². The highest BCUT2D eigenvalue weighted by Gasteiger charge is 2.70. The zero-order valence-electron chi connectivity index (χ0n) is 18.6. The summed E-state index contributed by atoms with van der Waals surface area (Å²) in [6, 6.07) is 8.36. The van der Waals surface area contributed by atoms with Crippen molar-refractivity contribution in [3.63, 3.8) is 0 Å². The Balaban J connectivity index is 1.25. The van der Waals surface area contributed by atoms with E-state index in [4.69, 9.17) is 0 Å². The molecule has 1 aromatic carbocycles. The Bertz CT molecular complexity index is 1450. The fraction of sp³-hybridized carbons (Fsp3) is 0.333. The fourth-order valence-corrected chi connectivity index (χ4v) is 8.16. The van der Waals surface area contributed by atoms with Gasteiger partial charge >= 0.3 is 5.97 Å². The maximum Gasteiger partial charge on any atom is 0.328 e. The van der Waals surface area contributed by atoms with Crippen molar-refractivity contribution in [3.05, 3.63) is 47.8 Å². The number of aromatic nitrogens is 5. The molecule has 2 aromatic heterocycles. The van der Waals surface area contributed by atoms with Gasteiger partial charge in [-0.3, -0.25) is 9.48 Å². The van der Waals surface area contributed by atoms with Crippen molar-refractivity contribution in [1.29, 1.82) is 0 Å². The topological polar surface area (TPSA) is 148 Å². The Hall–Kier alpha value is -3.10. The molecule has 2 saturated heterocycles. The summed E-state index contributed by atoms with van der Waals surface area (Å²) in [7, 11) is -3.93. The number of carbonyl (C=O) groups is 2. The van der Waals surface area contributed by atoms with Gasteiger partial charge < -0.3 is 10.0 Å². The largest absolute Gasteiger partial charge is 0.480 e. The summed E-state index contributed by atoms with van der Waals surface area (Å²) in [4.78, 5) is 25.2. The quantitative estimate of drug-likeness (QED) is 0.271. The Morgan fingerprint density at radius 1 is 1.23 bits per heavy atom. The minimum absolute atomic E-state index is 0.00514. The maximum absolute atomic E-state index is 13.0. The molecule has 0 spiro atoms. The van der Waals surface area contributed by atoms with E-state index in [1.165, 1.54) is 43.0 Å². The van der Waals surface area contributed by atoms with Crippen LogP contribution < -0.4 is 0 Å². The molecule has 14 heteroatoms. The van der Waals surface area contributed by atoms with E-state index in [9.17, 15) is 23.1 Å². The fourth-order valence-electron chi connectivity index (χ4n) is 4.18. The lowest BCUT2D eigenvalue weighted by Crippen LogP contribution is -2.58. The third kappa shape index (κ3) is 3.85. The van der Waals surface area contributed by atoms with E-state index in [-0.39, 0.29) is 5.57 Å². The number of carboxylic acid groups (broad SMARTS) is 1. The first-order valence-electron chi connectivity index (χ1n) is 10.5. The van der Waals surface area contributed by atoms with Gasteiger partial charge in [0.25, 0.3) is 5.91 Å². The van der Waals surface area contributed by atoms with Crippen molar-refractivity contribution >= 4 is 50.9 Å². The average molecular weight is 533 g/mol. The summed E-state index contributed by atoms with van der Waals surface area (Å²) in [6.07, 6.45) is 2.98. The molecule has 0 bridgehead atoms. The van der Waals surface area contributed by atoms with Crippen molar-refractivity contribution in [1.82, 2.24) is 30.1 Å². The number of aryl methyl sites for hydroxylation is 1. The number of aliphatic carboxylic acids is 1. The number of hydrogen-bond acceptors (Lipinski definition) is 10. The van der Waals surface area contributed by atoms with E-state index in [0.29, 0.717) is 18.0 Å². The van der Waals surface area contributed by atoms with Crippen LogP contribution in [0.2, 0.25) is 0 Å². The van der Waals surface area contributed by atoms with E-state index >= 15 is 0 Å². The first-order valence-corrected chi connectivity index (χ1v) is 13.9. The molecule has 2 aliphatic heterocycles. The van der Waals surface area contributed by atoms with E-state index in [2.05, 4.69) is 20.5 Å². The van der Waals surface area contributed by atoms with Gasteiger partial charge in [-0.1, -0.05) is 58.6 Å². The molecule has 1 N–H and O–H groups in total. The minimum Gasteiger partial charge on any atom is -0.480 e. The van der Waals surface area contributed by atoms with Gasteiger partial charge in [0, 0.05) is 11.3 Å². The Kier molecular flexibility index (Phi) is 5.76. The highest BCUT2D eigenvalue weighted by Crippen LogP contribution is 2.48. The van der Waals surface area contributed by atoms with E-state index in [1.807, 2.05) is 30.3 Å². The third-order valence-corrected chi connectivity index (χ3v) is 10.9. The molecular weight excluding hydrogens is 512 g/mol. The number of nitrogens with zero attached hydrogens (tertiary/aromatic N) is 6. The van der Waals surface area contributed by atoms with Crippen LogP contribution in [0.15, 0.2) is 46.4 Å². The Morgan fingerprint density at radius 3 is 2.69 bits per heavy atom. The molecule has 2 atom stereocenters. The van der Waals surface area contributed by atoms with Crippen LogP contribution in [0.4, 0.5) is 0 Å². The third-order valence-electron chi connectivity index (χ3n) is 6.03. The summed E-state index contributed by atoms with van der Waals surface area (Å²) in [5.74, 6) is -1.31. The van der Waals surface area contributed by atoms with E-state index < -0.39 is 37.9 Å². The van der Waals surface area contributed by atoms with Crippen LogP contribution >= 0.6 is 23.1 Å². The standard InChI is InChI=1S/C21H20N6O5S3/c1-21(2)15(19(29)30)27-17(28)14(18(27)35(21,31)32)10-13-11-26(25-22-13)8-9-33-20-24-23-16(34-20)12-6-4-3-5-7-12/h3-7,10-11,15,18H,8-9H2,1-2H3,(H,29,30)/b14-10-/t15-,18+/m0/s1. The Morgan fingerprint density at radius 2 is 1.97 bits per heavy atom. The highest BCUT2D eigenvalue weighted by molar-refractivity contribution is 8.01. The van der Waals surface area contributed by atoms with Crippen LogP contribution in [-0.2, 0) is 26.0 Å². The van der Waals surface area contributed by atoms with Crippen LogP contribution in [0.25, 0.3) is 16.6 Å². The van der Waals surface area contributed by atoms with Crippen molar-refractivity contribution in [2.75, 3.05) is 5.75 Å². The van der Waals surface area contributed by atoms with Crippen LogP contribution in [0.5, 0.6) is 0 Å². The molecule has 35 heavy (non-hydrogen) atoms. The number of fused-ring (bicyclic) bond motifs is 1. The van der Waals surface area contributed by atoms with Gasteiger partial charge in [0.05, 0.1) is 18.3 Å². The molecule has 3 aromatic rings. The number of benzene rings is 1. The average Bonchev–Trinajstić information content (AvgIpc) is 3.50. The first-order chi connectivity index (χ1) is 16.6. The highest BCUT2D eigenvalue weighted by atomic mass is 32.2. The molecule has 0 radical (unpaired) electrons. The van der Waals surface area contributed by atoms with Crippen LogP contribution in [0.3, 0.4) is 0 Å². The zero-order chi connectivity index (χ0) is 25.0. The van der Waals surface area contributed by atoms with Gasteiger partial charge in [-0.05, 0) is 19.9 Å². The number of rotatable bonds is 7. The van der Waals surface area contributed by atoms with Gasteiger partial charge in [-0.15, -0.1) is 15.3 Å².